The molecule has 0 saturated carbocycles. The molecule has 9 heteroatoms. The average molecular weight is 419 g/mol. The van der Waals surface area contributed by atoms with Crippen LogP contribution in [0.15, 0.2) is 22.3 Å². The fraction of sp³-hybridized carbons (Fsp3) is 0.375. The molecule has 6 nitrogen and oxygen atoms in total. The third-order valence-electron chi connectivity index (χ3n) is 2.86. The number of carbonyl (C=O) groups excluding carboxylic acids is 2. The Bertz CT molecular complexity index is 703. The van der Waals surface area contributed by atoms with Crippen molar-refractivity contribution in [2.24, 2.45) is 0 Å². The van der Waals surface area contributed by atoms with Crippen molar-refractivity contribution < 1.29 is 26.1 Å². The van der Waals surface area contributed by atoms with Gasteiger partial charge in [-0.15, -0.1) is 0 Å². The molecule has 0 aliphatic heterocycles. The molecule has 0 aromatic rings. The maximum absolute atomic E-state index is 11.2. The number of hydrogen-bond acceptors (Lipinski definition) is 6. The second-order valence-corrected chi connectivity index (χ2v) is 4.12. The number of allylic oxidation sites excluding steroid dienone is 4. The van der Waals surface area contributed by atoms with Gasteiger partial charge in [0.05, 0.1) is 23.8 Å². The molecule has 0 spiro atoms. The molecule has 134 valence electrons. The van der Waals surface area contributed by atoms with Crippen LogP contribution in [0.5, 0.6) is 0 Å². The molecule has 0 fully saturated rings. The van der Waals surface area contributed by atoms with E-state index in [9.17, 15) is 9.59 Å². The summed E-state index contributed by atoms with van der Waals surface area (Å²) in [7, 11) is 0. The van der Waals surface area contributed by atoms with E-state index in [1.807, 2.05) is 18.2 Å². The normalized spacial score (nSPS) is 7.04. The molecule has 0 amide bonds. The van der Waals surface area contributed by atoms with Crippen LogP contribution in [0, 0.1) is 45.3 Å². The predicted octanol–water partition coefficient (Wildman–Crippen LogP) is 2.35. The summed E-state index contributed by atoms with van der Waals surface area (Å²) in [5.74, 6) is 2.94. The van der Waals surface area contributed by atoms with Crippen molar-refractivity contribution in [2.75, 3.05) is 0 Å². The van der Waals surface area contributed by atoms with Crippen molar-refractivity contribution >= 4 is 31.7 Å². The number of hydrogen-bond donors (Lipinski definition) is 0. The largest absolute Gasteiger partial charge is 0.233 e. The Balaban J connectivity index is -0.000000735. The zero-order valence-corrected chi connectivity index (χ0v) is 17.4. The zero-order valence-electron chi connectivity index (χ0n) is 13.6. The summed E-state index contributed by atoms with van der Waals surface area (Å²) >= 11 is 0. The van der Waals surface area contributed by atoms with Crippen molar-refractivity contribution in [1.82, 2.24) is 0 Å². The Labute approximate surface area is 164 Å². The molecular weight excluding hydrogens is 401 g/mol. The Kier molecular flexibility index (Phi) is 24.6. The molecule has 0 aromatic heterocycles. The number of nitriles is 4. The second-order valence-electron chi connectivity index (χ2n) is 4.12. The fourth-order valence-electron chi connectivity index (χ4n) is 1.89. The predicted molar refractivity (Wildman–Crippen MR) is 97.8 cm³/mol. The van der Waals surface area contributed by atoms with Gasteiger partial charge in [0.2, 0.25) is 0 Å². The van der Waals surface area contributed by atoms with Crippen LogP contribution < -0.4 is 0 Å². The quantitative estimate of drug-likeness (QED) is 0.195. The van der Waals surface area contributed by atoms with Gasteiger partial charge in [0.1, 0.15) is 18.0 Å². The molecule has 0 N–H and O–H groups in total. The van der Waals surface area contributed by atoms with Crippen LogP contribution in [0.3, 0.4) is 0 Å². The molecule has 0 rings (SSSR count). The van der Waals surface area contributed by atoms with Gasteiger partial charge in [-0.05, 0) is 24.8 Å². The molecule has 0 aliphatic carbocycles. The SMILES string of the molecule is N#CCCC(CCC#N)=C(CCC#N)C(=C=O)C(=C=O)C#N.P.P.[Ni]. The van der Waals surface area contributed by atoms with Crippen LogP contribution in [0.2, 0.25) is 0 Å². The number of rotatable bonds is 8. The molecule has 2 atom stereocenters. The van der Waals surface area contributed by atoms with Crippen LogP contribution in [-0.4, -0.2) is 11.9 Å². The Morgan fingerprint density at radius 3 is 1.48 bits per heavy atom. The maximum Gasteiger partial charge on any atom is 0.154 e. The molecular formula is C16H18N4NiO2P2. The first-order valence-electron chi connectivity index (χ1n) is 6.42. The molecule has 0 heterocycles. The molecule has 0 bridgehead atoms. The van der Waals surface area contributed by atoms with Crippen LogP contribution in [0.25, 0.3) is 0 Å². The van der Waals surface area contributed by atoms with Crippen molar-refractivity contribution in [3.63, 3.8) is 0 Å². The summed E-state index contributed by atoms with van der Waals surface area (Å²) in [5, 5.41) is 35.0. The molecule has 0 radical (unpaired) electrons. The molecule has 25 heavy (non-hydrogen) atoms. The fourth-order valence-corrected chi connectivity index (χ4v) is 1.89. The van der Waals surface area contributed by atoms with Gasteiger partial charge in [0, 0.05) is 35.8 Å². The summed E-state index contributed by atoms with van der Waals surface area (Å²) in [4.78, 5) is 21.9. The van der Waals surface area contributed by atoms with Gasteiger partial charge in [-0.2, -0.15) is 40.8 Å². The molecule has 0 saturated heterocycles. The maximum atomic E-state index is 11.2. The van der Waals surface area contributed by atoms with E-state index in [1.165, 1.54) is 5.94 Å². The first-order valence-corrected chi connectivity index (χ1v) is 6.42. The van der Waals surface area contributed by atoms with Crippen molar-refractivity contribution in [3.8, 4) is 24.3 Å². The summed E-state index contributed by atoms with van der Waals surface area (Å²) in [6.45, 7) is 0. The van der Waals surface area contributed by atoms with Gasteiger partial charge < -0.3 is 0 Å². The third-order valence-corrected chi connectivity index (χ3v) is 2.86. The standard InChI is InChI=1S/C16H12N4O2.Ni.2H3P/c17-7-1-4-13(5-2-8-18)15(6-3-9-19)16(12-22)14(10-20)11-21;;;/h1-6H2;;2*1H3. The summed E-state index contributed by atoms with van der Waals surface area (Å²) in [6.07, 6.45) is 1.12. The smallest absolute Gasteiger partial charge is 0.154 e. The molecule has 0 aromatic carbocycles. The van der Waals surface area contributed by atoms with Gasteiger partial charge in [0.15, 0.2) is 5.57 Å². The van der Waals surface area contributed by atoms with Gasteiger partial charge in [0.25, 0.3) is 0 Å². The van der Waals surface area contributed by atoms with E-state index in [0.717, 1.165) is 0 Å². The van der Waals surface area contributed by atoms with Crippen LogP contribution in [-0.2, 0) is 26.1 Å². The van der Waals surface area contributed by atoms with Crippen molar-refractivity contribution in [1.29, 1.82) is 21.0 Å². The topological polar surface area (TPSA) is 129 Å². The van der Waals surface area contributed by atoms with Gasteiger partial charge in [-0.1, -0.05) is 5.57 Å². The van der Waals surface area contributed by atoms with Crippen molar-refractivity contribution in [3.05, 3.63) is 22.3 Å². The first-order chi connectivity index (χ1) is 10.7. The summed E-state index contributed by atoms with van der Waals surface area (Å²) in [6, 6.07) is 7.42. The Morgan fingerprint density at radius 1 is 0.720 bits per heavy atom. The van der Waals surface area contributed by atoms with Gasteiger partial charge in [-0.3, -0.25) is 0 Å². The van der Waals surface area contributed by atoms with E-state index >= 15 is 0 Å². The van der Waals surface area contributed by atoms with E-state index in [2.05, 4.69) is 0 Å². The van der Waals surface area contributed by atoms with E-state index in [1.54, 1.807) is 12.0 Å². The van der Waals surface area contributed by atoms with Crippen LogP contribution in [0.4, 0.5) is 0 Å². The zero-order chi connectivity index (χ0) is 16.8. The summed E-state index contributed by atoms with van der Waals surface area (Å²) < 4.78 is 0. The van der Waals surface area contributed by atoms with E-state index in [-0.39, 0.29) is 67.5 Å². The van der Waals surface area contributed by atoms with Crippen LogP contribution >= 0.6 is 19.8 Å². The minimum absolute atomic E-state index is 0. The van der Waals surface area contributed by atoms with E-state index in [4.69, 9.17) is 21.0 Å². The second kappa shape index (κ2) is 20.0. The Morgan fingerprint density at radius 2 is 1.16 bits per heavy atom. The van der Waals surface area contributed by atoms with Gasteiger partial charge >= 0.3 is 0 Å². The third kappa shape index (κ3) is 11.2. The Hall–Kier alpha value is -2.05. The minimum Gasteiger partial charge on any atom is -0.233 e. The van der Waals surface area contributed by atoms with Gasteiger partial charge in [-0.25, -0.2) is 9.59 Å². The molecule has 2 unspecified atom stereocenters. The summed E-state index contributed by atoms with van der Waals surface area (Å²) in [5.41, 5.74) is 0.217. The number of nitrogens with zero attached hydrogens (tertiary/aromatic N) is 4. The first kappa shape index (κ1) is 30.8. The van der Waals surface area contributed by atoms with E-state index < -0.39 is 5.57 Å². The molecule has 0 aliphatic rings. The van der Waals surface area contributed by atoms with Crippen molar-refractivity contribution in [2.45, 2.75) is 38.5 Å². The monoisotopic (exact) mass is 418 g/mol. The van der Waals surface area contributed by atoms with E-state index in [0.29, 0.717) is 24.0 Å². The van der Waals surface area contributed by atoms with Crippen LogP contribution in [0.1, 0.15) is 38.5 Å². The minimum atomic E-state index is -0.491. The average Bonchev–Trinajstić information content (AvgIpc) is 2.55.